The second-order valence-corrected chi connectivity index (χ2v) is 4.95. The molecule has 0 atom stereocenters. The smallest absolute Gasteiger partial charge is 0.329 e. The van der Waals surface area contributed by atoms with Crippen molar-refractivity contribution in [3.05, 3.63) is 50.7 Å². The molecule has 9 nitrogen and oxygen atoms in total. The molecule has 0 aliphatic heterocycles. The van der Waals surface area contributed by atoms with Crippen molar-refractivity contribution in [2.45, 2.75) is 0 Å². The van der Waals surface area contributed by atoms with Crippen LogP contribution in [0.5, 0.6) is 5.75 Å². The normalized spacial score (nSPS) is 11.4. The molecule has 0 spiro atoms. The van der Waals surface area contributed by atoms with Gasteiger partial charge < -0.3 is 9.67 Å². The number of phenolic OH excluding ortho intramolecular Hbond substituents is 1. The van der Waals surface area contributed by atoms with Gasteiger partial charge in [-0.25, -0.2) is 10.2 Å². The van der Waals surface area contributed by atoms with Gasteiger partial charge >= 0.3 is 5.69 Å². The molecule has 0 saturated heterocycles. The van der Waals surface area contributed by atoms with Gasteiger partial charge in [-0.1, -0.05) is 12.1 Å². The standard InChI is InChI=1S/C14H14N6O3/c1-19-10-11(20(2)14(23)17-12(10)22)16-13(19)18-15-7-8-4-3-5-9(21)6-8/h3-7,21H,1-2H3,(H,16,18)(H,17,22,23)/b15-7+. The predicted molar refractivity (Wildman–Crippen MR) is 85.9 cm³/mol. The van der Waals surface area contributed by atoms with E-state index in [1.165, 1.54) is 22.4 Å². The van der Waals surface area contributed by atoms with Crippen molar-refractivity contribution in [3.63, 3.8) is 0 Å². The lowest BCUT2D eigenvalue weighted by Gasteiger charge is -2.00. The molecule has 1 aromatic carbocycles. The number of hydrogen-bond donors (Lipinski definition) is 3. The summed E-state index contributed by atoms with van der Waals surface area (Å²) in [4.78, 5) is 29.9. The van der Waals surface area contributed by atoms with E-state index in [1.807, 2.05) is 0 Å². The first-order valence-electron chi connectivity index (χ1n) is 6.71. The number of benzene rings is 1. The van der Waals surface area contributed by atoms with Crippen LogP contribution < -0.4 is 16.7 Å². The van der Waals surface area contributed by atoms with Crippen LogP contribution in [0.25, 0.3) is 11.2 Å². The van der Waals surface area contributed by atoms with E-state index in [4.69, 9.17) is 0 Å². The zero-order valence-electron chi connectivity index (χ0n) is 12.4. The quantitative estimate of drug-likeness (QED) is 0.468. The van der Waals surface area contributed by atoms with Crippen LogP contribution in [0.2, 0.25) is 0 Å². The number of aromatic amines is 1. The topological polar surface area (TPSA) is 117 Å². The SMILES string of the molecule is Cn1c(N/N=C/c2cccc(O)c2)nc2c1c(=O)[nH]c(=O)n2C. The Balaban J connectivity index is 1.97. The first-order chi connectivity index (χ1) is 11.0. The number of hydrogen-bond acceptors (Lipinski definition) is 6. The van der Waals surface area contributed by atoms with E-state index in [2.05, 4.69) is 20.5 Å². The summed E-state index contributed by atoms with van der Waals surface area (Å²) in [6.07, 6.45) is 1.50. The van der Waals surface area contributed by atoms with Crippen molar-refractivity contribution in [3.8, 4) is 5.75 Å². The highest BCUT2D eigenvalue weighted by molar-refractivity contribution is 5.81. The number of aromatic hydroxyl groups is 1. The number of H-pyrrole nitrogens is 1. The number of aryl methyl sites for hydroxylation is 2. The molecular formula is C14H14N6O3. The third kappa shape index (κ3) is 2.59. The number of anilines is 1. The molecule has 0 radical (unpaired) electrons. The maximum absolute atomic E-state index is 11.9. The number of nitrogens with one attached hydrogen (secondary N) is 2. The molecule has 23 heavy (non-hydrogen) atoms. The maximum atomic E-state index is 11.9. The Hall–Kier alpha value is -3.36. The molecule has 0 amide bonds. The first-order valence-corrected chi connectivity index (χ1v) is 6.71. The molecule has 3 N–H and O–H groups in total. The highest BCUT2D eigenvalue weighted by Crippen LogP contribution is 2.13. The largest absolute Gasteiger partial charge is 0.508 e. The van der Waals surface area contributed by atoms with Crippen molar-refractivity contribution in [2.75, 3.05) is 5.43 Å². The Bertz CT molecular complexity index is 1030. The summed E-state index contributed by atoms with van der Waals surface area (Å²) in [5, 5.41) is 13.4. The van der Waals surface area contributed by atoms with Crippen LogP contribution in [0.1, 0.15) is 5.56 Å². The van der Waals surface area contributed by atoms with Gasteiger partial charge in [0.25, 0.3) is 5.56 Å². The molecule has 0 fully saturated rings. The number of fused-ring (bicyclic) bond motifs is 1. The molecular weight excluding hydrogens is 300 g/mol. The van der Waals surface area contributed by atoms with Crippen LogP contribution >= 0.6 is 0 Å². The van der Waals surface area contributed by atoms with Gasteiger partial charge in [-0.15, -0.1) is 0 Å². The third-order valence-electron chi connectivity index (χ3n) is 3.38. The van der Waals surface area contributed by atoms with Crippen molar-refractivity contribution < 1.29 is 5.11 Å². The number of hydrazone groups is 1. The second kappa shape index (κ2) is 5.44. The van der Waals surface area contributed by atoms with E-state index in [9.17, 15) is 14.7 Å². The minimum Gasteiger partial charge on any atom is -0.508 e. The molecule has 0 bridgehead atoms. The van der Waals surface area contributed by atoms with E-state index in [1.54, 1.807) is 31.3 Å². The summed E-state index contributed by atoms with van der Waals surface area (Å²) in [5.41, 5.74) is 2.89. The average molecular weight is 314 g/mol. The Morgan fingerprint density at radius 3 is 2.83 bits per heavy atom. The summed E-state index contributed by atoms with van der Waals surface area (Å²) in [6, 6.07) is 6.58. The minimum absolute atomic E-state index is 0.137. The van der Waals surface area contributed by atoms with Gasteiger partial charge in [0.1, 0.15) is 5.75 Å². The summed E-state index contributed by atoms with van der Waals surface area (Å²) in [7, 11) is 3.16. The molecule has 3 rings (SSSR count). The van der Waals surface area contributed by atoms with Gasteiger partial charge in [0.2, 0.25) is 5.95 Å². The highest BCUT2D eigenvalue weighted by Gasteiger charge is 2.14. The van der Waals surface area contributed by atoms with Gasteiger partial charge in [-0.05, 0) is 17.7 Å². The summed E-state index contributed by atoms with van der Waals surface area (Å²) < 4.78 is 2.76. The van der Waals surface area contributed by atoms with Crippen LogP contribution in [0, 0.1) is 0 Å². The fourth-order valence-electron chi connectivity index (χ4n) is 2.18. The van der Waals surface area contributed by atoms with Crippen molar-refractivity contribution in [1.29, 1.82) is 0 Å². The van der Waals surface area contributed by atoms with Crippen LogP contribution in [-0.4, -0.2) is 30.4 Å². The summed E-state index contributed by atoms with van der Waals surface area (Å²) >= 11 is 0. The Morgan fingerprint density at radius 2 is 2.09 bits per heavy atom. The van der Waals surface area contributed by atoms with Crippen LogP contribution in [-0.2, 0) is 14.1 Å². The number of aromatic nitrogens is 4. The fraction of sp³-hybridized carbons (Fsp3) is 0.143. The molecule has 3 aromatic rings. The second-order valence-electron chi connectivity index (χ2n) is 4.95. The number of nitrogens with zero attached hydrogens (tertiary/aromatic N) is 4. The Kier molecular flexibility index (Phi) is 3.45. The lowest BCUT2D eigenvalue weighted by molar-refractivity contribution is 0.475. The van der Waals surface area contributed by atoms with Crippen LogP contribution in [0.4, 0.5) is 5.95 Å². The maximum Gasteiger partial charge on any atom is 0.329 e. The molecule has 0 aliphatic carbocycles. The molecule has 2 heterocycles. The molecule has 9 heteroatoms. The van der Waals surface area contributed by atoms with E-state index < -0.39 is 11.2 Å². The van der Waals surface area contributed by atoms with Gasteiger partial charge in [-0.3, -0.25) is 14.3 Å². The minimum atomic E-state index is -0.532. The van der Waals surface area contributed by atoms with E-state index >= 15 is 0 Å². The zero-order chi connectivity index (χ0) is 16.6. The van der Waals surface area contributed by atoms with Crippen LogP contribution in [0.15, 0.2) is 39.0 Å². The Morgan fingerprint density at radius 1 is 1.30 bits per heavy atom. The lowest BCUT2D eigenvalue weighted by Crippen LogP contribution is -2.29. The van der Waals surface area contributed by atoms with Gasteiger partial charge in [0.05, 0.1) is 6.21 Å². The molecule has 118 valence electrons. The number of phenols is 1. The van der Waals surface area contributed by atoms with E-state index in [0.717, 1.165) is 0 Å². The average Bonchev–Trinajstić information content (AvgIpc) is 2.83. The molecule has 0 aliphatic rings. The fourth-order valence-corrected chi connectivity index (χ4v) is 2.18. The van der Waals surface area contributed by atoms with Crippen molar-refractivity contribution in [1.82, 2.24) is 19.1 Å². The molecule has 0 unspecified atom stereocenters. The Labute approximate surface area is 129 Å². The van der Waals surface area contributed by atoms with Crippen LogP contribution in [0.3, 0.4) is 0 Å². The molecule has 0 saturated carbocycles. The van der Waals surface area contributed by atoms with Gasteiger partial charge in [0.15, 0.2) is 11.2 Å². The monoisotopic (exact) mass is 314 g/mol. The highest BCUT2D eigenvalue weighted by atomic mass is 16.3. The van der Waals surface area contributed by atoms with Gasteiger partial charge in [-0.2, -0.15) is 10.1 Å². The third-order valence-corrected chi connectivity index (χ3v) is 3.38. The summed E-state index contributed by atoms with van der Waals surface area (Å²) in [6.45, 7) is 0. The van der Waals surface area contributed by atoms with Gasteiger partial charge in [0, 0.05) is 14.1 Å². The van der Waals surface area contributed by atoms with Crippen molar-refractivity contribution in [2.24, 2.45) is 19.2 Å². The zero-order valence-corrected chi connectivity index (χ0v) is 12.4. The number of rotatable bonds is 3. The molecule has 2 aromatic heterocycles. The lowest BCUT2D eigenvalue weighted by atomic mass is 10.2. The van der Waals surface area contributed by atoms with E-state index in [-0.39, 0.29) is 16.9 Å². The van der Waals surface area contributed by atoms with Crippen molar-refractivity contribution >= 4 is 23.3 Å². The predicted octanol–water partition coefficient (Wildman–Crippen LogP) is 0.112. The van der Waals surface area contributed by atoms with E-state index in [0.29, 0.717) is 11.5 Å². The number of imidazole rings is 1. The first kappa shape index (κ1) is 14.6. The summed E-state index contributed by atoms with van der Waals surface area (Å²) in [5.74, 6) is 0.446.